The van der Waals surface area contributed by atoms with Crippen LogP contribution in [-0.4, -0.2) is 43.7 Å². The molecule has 0 fully saturated rings. The summed E-state index contributed by atoms with van der Waals surface area (Å²) in [5.41, 5.74) is 0.888. The molecular formula is C19H32NaO3S. The molecule has 1 rings (SSSR count). The monoisotopic (exact) mass is 363 g/mol. The third-order valence-corrected chi connectivity index (χ3v) is 5.26. The van der Waals surface area contributed by atoms with Crippen LogP contribution in [0.3, 0.4) is 0 Å². The van der Waals surface area contributed by atoms with Crippen molar-refractivity contribution in [1.82, 2.24) is 0 Å². The maximum absolute atomic E-state index is 11.8. The van der Waals surface area contributed by atoms with Gasteiger partial charge < -0.3 is 0 Å². The van der Waals surface area contributed by atoms with E-state index in [2.05, 4.69) is 6.92 Å². The molecular weight excluding hydrogens is 331 g/mol. The van der Waals surface area contributed by atoms with Crippen molar-refractivity contribution in [3.8, 4) is 0 Å². The molecule has 0 atom stereocenters. The Kier molecular flexibility index (Phi) is 15.5. The first-order valence-electron chi connectivity index (χ1n) is 9.05. The van der Waals surface area contributed by atoms with Gasteiger partial charge in [0.05, 0.1) is 12.4 Å². The van der Waals surface area contributed by atoms with Crippen molar-refractivity contribution in [3.63, 3.8) is 0 Å². The van der Waals surface area contributed by atoms with Crippen molar-refractivity contribution >= 4 is 39.7 Å². The second-order valence-corrected chi connectivity index (χ2v) is 7.95. The predicted molar refractivity (Wildman–Crippen MR) is 103 cm³/mol. The molecule has 0 N–H and O–H groups in total. The molecule has 0 saturated heterocycles. The van der Waals surface area contributed by atoms with E-state index < -0.39 is 10.1 Å². The third-order valence-electron chi connectivity index (χ3n) is 4.00. The Hall–Kier alpha value is 0.130. The number of hydrogen-bond donors (Lipinski definition) is 0. The molecule has 0 aliphatic heterocycles. The molecule has 1 aromatic rings. The minimum Gasteiger partial charge on any atom is -0.265 e. The zero-order chi connectivity index (χ0) is 16.8. The van der Waals surface area contributed by atoms with E-state index >= 15 is 0 Å². The molecule has 0 saturated carbocycles. The van der Waals surface area contributed by atoms with Gasteiger partial charge in [-0.25, -0.2) is 0 Å². The molecule has 1 aromatic carbocycles. The molecule has 0 heterocycles. The Bertz CT molecular complexity index is 489. The SMILES string of the molecule is CCCCCCCCCCCCS(=O)(=O)OCc1ccccc1.[Na]. The molecule has 3 nitrogen and oxygen atoms in total. The van der Waals surface area contributed by atoms with Gasteiger partial charge in [0.1, 0.15) is 0 Å². The van der Waals surface area contributed by atoms with Gasteiger partial charge in [-0.05, 0) is 12.0 Å². The minimum atomic E-state index is -3.39. The Morgan fingerprint density at radius 3 is 1.83 bits per heavy atom. The van der Waals surface area contributed by atoms with Gasteiger partial charge in [0.15, 0.2) is 0 Å². The van der Waals surface area contributed by atoms with Crippen molar-refractivity contribution < 1.29 is 12.6 Å². The summed E-state index contributed by atoms with van der Waals surface area (Å²) >= 11 is 0. The number of benzene rings is 1. The van der Waals surface area contributed by atoms with E-state index in [0.717, 1.165) is 18.4 Å². The van der Waals surface area contributed by atoms with Crippen LogP contribution in [0.2, 0.25) is 0 Å². The zero-order valence-corrected chi connectivity index (χ0v) is 18.3. The Morgan fingerprint density at radius 2 is 1.29 bits per heavy atom. The van der Waals surface area contributed by atoms with E-state index in [0.29, 0.717) is 6.42 Å². The van der Waals surface area contributed by atoms with E-state index in [-0.39, 0.29) is 41.9 Å². The van der Waals surface area contributed by atoms with Crippen LogP contribution in [0.4, 0.5) is 0 Å². The summed E-state index contributed by atoms with van der Waals surface area (Å²) in [5.74, 6) is 0.135. The number of unbranched alkanes of at least 4 members (excludes halogenated alkanes) is 9. The number of rotatable bonds is 14. The smallest absolute Gasteiger partial charge is 0.265 e. The Balaban J connectivity index is 0.00000529. The van der Waals surface area contributed by atoms with Crippen molar-refractivity contribution in [3.05, 3.63) is 35.9 Å². The van der Waals surface area contributed by atoms with Crippen LogP contribution < -0.4 is 0 Å². The minimum absolute atomic E-state index is 0. The van der Waals surface area contributed by atoms with Crippen LogP contribution in [0.1, 0.15) is 76.7 Å². The quantitative estimate of drug-likeness (QED) is 0.263. The van der Waals surface area contributed by atoms with Gasteiger partial charge in [-0.1, -0.05) is 95.0 Å². The van der Waals surface area contributed by atoms with Gasteiger partial charge in [-0.2, -0.15) is 8.42 Å². The normalized spacial score (nSPS) is 11.2. The molecule has 0 bridgehead atoms. The van der Waals surface area contributed by atoms with E-state index in [1.165, 1.54) is 44.9 Å². The molecule has 0 aliphatic rings. The van der Waals surface area contributed by atoms with Crippen LogP contribution in [0.5, 0.6) is 0 Å². The van der Waals surface area contributed by atoms with Crippen LogP contribution in [0.25, 0.3) is 0 Å². The Morgan fingerprint density at radius 1 is 0.792 bits per heavy atom. The molecule has 0 aromatic heterocycles. The molecule has 0 unspecified atom stereocenters. The van der Waals surface area contributed by atoms with E-state index in [9.17, 15) is 8.42 Å². The van der Waals surface area contributed by atoms with Crippen molar-refractivity contribution in [2.45, 2.75) is 77.7 Å². The Labute approximate surface area is 171 Å². The van der Waals surface area contributed by atoms with Crippen LogP contribution in [0.15, 0.2) is 30.3 Å². The summed E-state index contributed by atoms with van der Waals surface area (Å²) in [6.45, 7) is 2.37. The molecule has 0 aliphatic carbocycles. The largest absolute Gasteiger partial charge is 0.267 e. The van der Waals surface area contributed by atoms with Gasteiger partial charge in [0.25, 0.3) is 10.1 Å². The predicted octanol–water partition coefficient (Wildman–Crippen LogP) is 5.07. The second kappa shape index (κ2) is 15.4. The fraction of sp³-hybridized carbons (Fsp3) is 0.684. The maximum Gasteiger partial charge on any atom is 0.267 e. The van der Waals surface area contributed by atoms with Crippen molar-refractivity contribution in [2.75, 3.05) is 5.75 Å². The van der Waals surface area contributed by atoms with Crippen LogP contribution in [0, 0.1) is 0 Å². The van der Waals surface area contributed by atoms with Crippen LogP contribution in [-0.2, 0) is 20.9 Å². The average molecular weight is 364 g/mol. The summed E-state index contributed by atoms with van der Waals surface area (Å²) in [5, 5.41) is 0. The molecule has 133 valence electrons. The fourth-order valence-electron chi connectivity index (χ4n) is 2.56. The van der Waals surface area contributed by atoms with E-state index in [4.69, 9.17) is 4.18 Å². The summed E-state index contributed by atoms with van der Waals surface area (Å²) in [7, 11) is -3.39. The summed E-state index contributed by atoms with van der Waals surface area (Å²) < 4.78 is 28.7. The first-order chi connectivity index (χ1) is 11.1. The number of hydrogen-bond acceptors (Lipinski definition) is 3. The molecule has 5 heteroatoms. The van der Waals surface area contributed by atoms with Crippen molar-refractivity contribution in [1.29, 1.82) is 0 Å². The summed E-state index contributed by atoms with van der Waals surface area (Å²) in [6.07, 6.45) is 12.0. The van der Waals surface area contributed by atoms with Crippen LogP contribution >= 0.6 is 0 Å². The third kappa shape index (κ3) is 13.4. The van der Waals surface area contributed by atoms with Gasteiger partial charge in [-0.15, -0.1) is 0 Å². The van der Waals surface area contributed by atoms with Gasteiger partial charge >= 0.3 is 0 Å². The van der Waals surface area contributed by atoms with E-state index in [1.807, 2.05) is 30.3 Å². The summed E-state index contributed by atoms with van der Waals surface area (Å²) in [6, 6.07) is 9.41. The first kappa shape index (κ1) is 24.1. The van der Waals surface area contributed by atoms with Crippen molar-refractivity contribution in [2.24, 2.45) is 0 Å². The van der Waals surface area contributed by atoms with Gasteiger partial charge in [-0.3, -0.25) is 4.18 Å². The fourth-order valence-corrected chi connectivity index (χ4v) is 3.55. The molecule has 24 heavy (non-hydrogen) atoms. The average Bonchev–Trinajstić information content (AvgIpc) is 2.56. The van der Waals surface area contributed by atoms with Gasteiger partial charge in [0, 0.05) is 29.6 Å². The summed E-state index contributed by atoms with van der Waals surface area (Å²) in [4.78, 5) is 0. The molecule has 0 amide bonds. The first-order valence-corrected chi connectivity index (χ1v) is 10.6. The zero-order valence-electron chi connectivity index (χ0n) is 15.5. The molecule has 0 spiro atoms. The van der Waals surface area contributed by atoms with E-state index in [1.54, 1.807) is 0 Å². The van der Waals surface area contributed by atoms with Gasteiger partial charge in [0.2, 0.25) is 0 Å². The maximum atomic E-state index is 11.8. The molecule has 1 radical (unpaired) electrons. The standard InChI is InChI=1S/C19H32O3S.Na/c1-2-3-4-5-6-7-8-9-10-14-17-23(20,21)22-18-19-15-12-11-13-16-19;/h11-13,15-16H,2-10,14,17-18H2,1H3;. The topological polar surface area (TPSA) is 43.4 Å². The second-order valence-electron chi connectivity index (χ2n) is 6.19.